The summed E-state index contributed by atoms with van der Waals surface area (Å²) in [5.41, 5.74) is 13.2. The molecule has 0 atom stereocenters. The van der Waals surface area contributed by atoms with Crippen LogP contribution in [0.4, 0.5) is 17.1 Å². The van der Waals surface area contributed by atoms with Crippen molar-refractivity contribution in [2.75, 3.05) is 4.90 Å². The van der Waals surface area contributed by atoms with Gasteiger partial charge in [0.25, 0.3) is 0 Å². The van der Waals surface area contributed by atoms with Crippen LogP contribution in [0.15, 0.2) is 194 Å². The molecular formula is C52H32N2. The Balaban J connectivity index is 1.02. The highest BCUT2D eigenvalue weighted by Gasteiger charge is 2.18. The molecule has 0 aliphatic rings. The summed E-state index contributed by atoms with van der Waals surface area (Å²) in [7, 11) is 0. The Morgan fingerprint density at radius 2 is 1.02 bits per heavy atom. The summed E-state index contributed by atoms with van der Waals surface area (Å²) in [6.07, 6.45) is 0. The van der Waals surface area contributed by atoms with Crippen molar-refractivity contribution in [2.45, 2.75) is 0 Å². The van der Waals surface area contributed by atoms with Gasteiger partial charge in [-0.3, -0.25) is 0 Å². The summed E-state index contributed by atoms with van der Waals surface area (Å²) in [6.45, 7) is 0. The van der Waals surface area contributed by atoms with E-state index in [-0.39, 0.29) is 0 Å². The lowest BCUT2D eigenvalue weighted by Crippen LogP contribution is -2.09. The second-order valence-electron chi connectivity index (χ2n) is 13.4. The molecule has 1 heterocycles. The van der Waals surface area contributed by atoms with Gasteiger partial charge in [-0.05, 0) is 101 Å². The first-order valence-corrected chi connectivity index (χ1v) is 18.2. The third-order valence-electron chi connectivity index (χ3n) is 10.3. The van der Waals surface area contributed by atoms with E-state index in [4.69, 9.17) is 0 Å². The van der Waals surface area contributed by atoms with Crippen LogP contribution in [0.3, 0.4) is 0 Å². The van der Waals surface area contributed by atoms with Gasteiger partial charge in [0.1, 0.15) is 0 Å². The molecule has 9 aromatic carbocycles. The lowest BCUT2D eigenvalue weighted by molar-refractivity contribution is 1.18. The average molecular weight is 685 g/mol. The Bertz CT molecular complexity index is 2890. The molecular weight excluding hydrogens is 653 g/mol. The average Bonchev–Trinajstić information content (AvgIpc) is 3.60. The van der Waals surface area contributed by atoms with Crippen LogP contribution >= 0.6 is 0 Å². The minimum absolute atomic E-state index is 0.956. The molecule has 0 fully saturated rings. The van der Waals surface area contributed by atoms with Crippen molar-refractivity contribution >= 4 is 49.6 Å². The molecule has 250 valence electrons. The molecule has 2 heteroatoms. The number of rotatable bonds is 7. The first kappa shape index (κ1) is 31.2. The second kappa shape index (κ2) is 13.2. The van der Waals surface area contributed by atoms with Gasteiger partial charge in [-0.25, -0.2) is 0 Å². The van der Waals surface area contributed by atoms with Crippen molar-refractivity contribution < 1.29 is 0 Å². The zero-order valence-electron chi connectivity index (χ0n) is 29.4. The number of fused-ring (bicyclic) bond motifs is 5. The molecule has 10 rings (SSSR count). The van der Waals surface area contributed by atoms with Crippen molar-refractivity contribution in [1.82, 2.24) is 4.57 Å². The van der Waals surface area contributed by atoms with Crippen LogP contribution in [-0.4, -0.2) is 4.57 Å². The summed E-state index contributed by atoms with van der Waals surface area (Å²) < 4.78 is 2.43. The normalized spacial score (nSPS) is 11.0. The molecule has 0 aliphatic heterocycles. The van der Waals surface area contributed by atoms with Gasteiger partial charge in [0, 0.05) is 50.1 Å². The highest BCUT2D eigenvalue weighted by molar-refractivity contribution is 6.21. The van der Waals surface area contributed by atoms with Gasteiger partial charge in [-0.2, -0.15) is 0 Å². The van der Waals surface area contributed by atoms with Crippen LogP contribution < -0.4 is 4.90 Å². The predicted molar refractivity (Wildman–Crippen MR) is 225 cm³/mol. The van der Waals surface area contributed by atoms with E-state index in [1.54, 1.807) is 0 Å². The molecule has 10 aromatic rings. The van der Waals surface area contributed by atoms with Gasteiger partial charge in [-0.15, -0.1) is 0 Å². The topological polar surface area (TPSA) is 8.17 Å². The largest absolute Gasteiger partial charge is 0.311 e. The van der Waals surface area contributed by atoms with E-state index in [9.17, 15) is 0 Å². The molecule has 1 aromatic heterocycles. The van der Waals surface area contributed by atoms with Gasteiger partial charge >= 0.3 is 0 Å². The zero-order valence-corrected chi connectivity index (χ0v) is 29.4. The molecule has 0 radical (unpaired) electrons. The van der Waals surface area contributed by atoms with E-state index >= 15 is 0 Å². The van der Waals surface area contributed by atoms with Crippen LogP contribution in [0.5, 0.6) is 0 Å². The van der Waals surface area contributed by atoms with Gasteiger partial charge in [0.05, 0.1) is 16.7 Å². The second-order valence-corrected chi connectivity index (χ2v) is 13.4. The van der Waals surface area contributed by atoms with E-state index in [1.807, 2.05) is 18.2 Å². The third kappa shape index (κ3) is 5.43. The van der Waals surface area contributed by atoms with Crippen LogP contribution in [0.2, 0.25) is 0 Å². The van der Waals surface area contributed by atoms with E-state index in [0.717, 1.165) is 50.6 Å². The first-order chi connectivity index (χ1) is 26.8. The molecule has 0 saturated carbocycles. The minimum atomic E-state index is 0.956. The van der Waals surface area contributed by atoms with Crippen molar-refractivity contribution in [1.29, 1.82) is 0 Å². The van der Waals surface area contributed by atoms with Crippen molar-refractivity contribution in [3.05, 3.63) is 218 Å². The fraction of sp³-hybridized carbons (Fsp3) is 0. The Hall–Kier alpha value is -7.52. The van der Waals surface area contributed by atoms with Gasteiger partial charge < -0.3 is 9.47 Å². The summed E-state index contributed by atoms with van der Waals surface area (Å²) in [5, 5.41) is 5.07. The number of para-hydroxylation sites is 3. The van der Waals surface area contributed by atoms with E-state index in [2.05, 4.69) is 210 Å². The minimum Gasteiger partial charge on any atom is -0.311 e. The molecule has 0 saturated heterocycles. The fourth-order valence-electron chi connectivity index (χ4n) is 7.74. The summed E-state index contributed by atoms with van der Waals surface area (Å²) in [6, 6.07) is 81.7. The molecule has 0 unspecified atom stereocenters. The number of nitrogens with zero attached hydrogens (tertiary/aromatic N) is 2. The first-order valence-electron chi connectivity index (χ1n) is 18.2. The third-order valence-corrected chi connectivity index (χ3v) is 10.3. The number of anilines is 3. The maximum Gasteiger partial charge on any atom is 0.0547 e. The predicted octanol–water partition coefficient (Wildman–Crippen LogP) is 13.6. The monoisotopic (exact) mass is 684 g/mol. The quantitative estimate of drug-likeness (QED) is 0.162. The number of aromatic nitrogens is 1. The number of benzene rings is 7. The molecule has 54 heavy (non-hydrogen) atoms. The van der Waals surface area contributed by atoms with E-state index < -0.39 is 0 Å². The van der Waals surface area contributed by atoms with Crippen molar-refractivity contribution in [3.63, 3.8) is 0 Å². The molecule has 0 bridgehead atoms. The van der Waals surface area contributed by atoms with Crippen LogP contribution in [0, 0.1) is 24.3 Å². The number of hydrogen-bond donors (Lipinski definition) is 0. The maximum absolute atomic E-state index is 3.35. The Kier molecular flexibility index (Phi) is 7.65. The lowest BCUT2D eigenvalue weighted by Gasteiger charge is -2.26. The molecule has 2 nitrogen and oxygen atoms in total. The highest BCUT2D eigenvalue weighted by Crippen LogP contribution is 2.41. The summed E-state index contributed by atoms with van der Waals surface area (Å²) in [5.74, 6) is 0. The summed E-state index contributed by atoms with van der Waals surface area (Å²) in [4.78, 5) is 2.30. The van der Waals surface area contributed by atoms with Gasteiger partial charge in [-0.1, -0.05) is 140 Å². The zero-order chi connectivity index (χ0) is 35.8. The van der Waals surface area contributed by atoms with E-state index in [0.29, 0.717) is 0 Å². The number of hydrogen-bond acceptors (Lipinski definition) is 1. The standard InChI is InChI=1S/C52H32N2/c1-3-13-37(14-4-1)38-23-25-39(26-24-38)40-27-32-44(33-28-40)53(43-16-5-2-6-17-43)45-34-29-42(30-35-45)46-18-9-11-21-49(46)54-50-22-12-10-20-48(50)52-47-19-8-7-15-41(47)31-36-51(52)54/h1-3,5-13,15-23,25,27-36H. The summed E-state index contributed by atoms with van der Waals surface area (Å²) >= 11 is 0. The molecule has 0 spiro atoms. The highest BCUT2D eigenvalue weighted by atomic mass is 15.1. The van der Waals surface area contributed by atoms with Crippen molar-refractivity contribution in [3.8, 4) is 39.1 Å². The Morgan fingerprint density at radius 1 is 0.389 bits per heavy atom. The molecule has 0 N–H and O–H groups in total. The molecule has 0 amide bonds. The maximum atomic E-state index is 3.35. The Labute approximate surface area is 315 Å². The van der Waals surface area contributed by atoms with E-state index in [1.165, 1.54) is 38.1 Å². The smallest absolute Gasteiger partial charge is 0.0547 e. The van der Waals surface area contributed by atoms with Crippen LogP contribution in [0.1, 0.15) is 0 Å². The van der Waals surface area contributed by atoms with Gasteiger partial charge in [0.2, 0.25) is 0 Å². The Morgan fingerprint density at radius 3 is 1.78 bits per heavy atom. The fourth-order valence-corrected chi connectivity index (χ4v) is 7.74. The lowest BCUT2D eigenvalue weighted by atomic mass is 10.0. The van der Waals surface area contributed by atoms with Crippen LogP contribution in [0.25, 0.3) is 71.6 Å². The van der Waals surface area contributed by atoms with Gasteiger partial charge in [0.15, 0.2) is 0 Å². The molecule has 0 aliphatic carbocycles. The van der Waals surface area contributed by atoms with Crippen molar-refractivity contribution in [2.24, 2.45) is 0 Å². The van der Waals surface area contributed by atoms with Crippen LogP contribution in [-0.2, 0) is 0 Å². The SMILES string of the molecule is c1cccc(-c2c#cc(-c3ccc(N(c4ccccc4)c4ccc(-c5ccccc5-n5c6ccccc6c6c7ccccc7ccc65)cc4)cc3)cc2)c#1.